The molecule has 0 N–H and O–H groups in total. The maximum absolute atomic E-state index is 2.38. The molecule has 0 saturated carbocycles. The van der Waals surface area contributed by atoms with Crippen LogP contribution in [0.2, 0.25) is 0 Å². The molecule has 18 heavy (non-hydrogen) atoms. The van der Waals surface area contributed by atoms with Gasteiger partial charge in [-0.1, -0.05) is 105 Å². The summed E-state index contributed by atoms with van der Waals surface area (Å²) in [5.74, 6) is 2.01. The van der Waals surface area contributed by atoms with Gasteiger partial charge in [0, 0.05) is 0 Å². The van der Waals surface area contributed by atoms with Gasteiger partial charge in [-0.2, -0.15) is 0 Å². The normalized spacial score (nSPS) is 13.2. The van der Waals surface area contributed by atoms with Gasteiger partial charge in [0.05, 0.1) is 0 Å². The minimum Gasteiger partial charge on any atom is -0.0654 e. The van der Waals surface area contributed by atoms with Gasteiger partial charge in [-0.15, -0.1) is 0 Å². The first kappa shape index (κ1) is 18.0. The molecule has 0 aromatic heterocycles. The number of unbranched alkanes of at least 4 members (excludes halogenated alkanes) is 4. The molecule has 0 radical (unpaired) electrons. The van der Waals surface area contributed by atoms with E-state index < -0.39 is 0 Å². The zero-order valence-corrected chi connectivity index (χ0v) is 13.6. The number of hydrogen-bond acceptors (Lipinski definition) is 0. The van der Waals surface area contributed by atoms with E-state index in [9.17, 15) is 0 Å². The Morgan fingerprint density at radius 1 is 0.500 bits per heavy atom. The van der Waals surface area contributed by atoms with E-state index in [0.29, 0.717) is 0 Å². The van der Waals surface area contributed by atoms with Gasteiger partial charge in [-0.25, -0.2) is 0 Å². The molecule has 0 bridgehead atoms. The van der Waals surface area contributed by atoms with Crippen molar-refractivity contribution in [3.63, 3.8) is 0 Å². The average Bonchev–Trinajstić information content (AvgIpc) is 2.41. The molecule has 0 heteroatoms. The molecule has 0 aliphatic heterocycles. The van der Waals surface area contributed by atoms with Crippen molar-refractivity contribution in [2.24, 2.45) is 11.8 Å². The number of hydrogen-bond donors (Lipinski definition) is 0. The first-order valence-corrected chi connectivity index (χ1v) is 8.78. The fourth-order valence-corrected chi connectivity index (χ4v) is 2.98. The van der Waals surface area contributed by atoms with E-state index >= 15 is 0 Å². The molecule has 0 nitrogen and oxygen atoms in total. The predicted molar refractivity (Wildman–Crippen MR) is 85.1 cm³/mol. The monoisotopic (exact) mass is 254 g/mol. The fraction of sp³-hybridized carbons (Fsp3) is 1.00. The van der Waals surface area contributed by atoms with Crippen molar-refractivity contribution in [2.75, 3.05) is 0 Å². The van der Waals surface area contributed by atoms with Crippen molar-refractivity contribution in [3.8, 4) is 0 Å². The van der Waals surface area contributed by atoms with E-state index in [4.69, 9.17) is 0 Å². The minimum absolute atomic E-state index is 0.993. The minimum atomic E-state index is 0.993. The van der Waals surface area contributed by atoms with E-state index in [1.54, 1.807) is 0 Å². The van der Waals surface area contributed by atoms with Crippen molar-refractivity contribution < 1.29 is 0 Å². The van der Waals surface area contributed by atoms with Crippen LogP contribution >= 0.6 is 0 Å². The summed E-state index contributed by atoms with van der Waals surface area (Å²) in [6.45, 7) is 9.37. The van der Waals surface area contributed by atoms with Crippen LogP contribution in [0.3, 0.4) is 0 Å². The van der Waals surface area contributed by atoms with Gasteiger partial charge < -0.3 is 0 Å². The van der Waals surface area contributed by atoms with E-state index in [2.05, 4.69) is 27.7 Å². The largest absolute Gasteiger partial charge is 0.0654 e. The highest BCUT2D eigenvalue weighted by Crippen LogP contribution is 2.23. The Bertz CT molecular complexity index is 146. The molecule has 0 aliphatic carbocycles. The maximum Gasteiger partial charge on any atom is -0.0417 e. The van der Waals surface area contributed by atoms with Crippen LogP contribution in [0.5, 0.6) is 0 Å². The summed E-state index contributed by atoms with van der Waals surface area (Å²) in [4.78, 5) is 0. The molecule has 0 aliphatic rings. The van der Waals surface area contributed by atoms with Gasteiger partial charge in [0.1, 0.15) is 0 Å². The molecule has 110 valence electrons. The molecular formula is C18H38. The van der Waals surface area contributed by atoms with Crippen LogP contribution < -0.4 is 0 Å². The van der Waals surface area contributed by atoms with Gasteiger partial charge in [-0.05, 0) is 11.8 Å². The highest BCUT2D eigenvalue weighted by atomic mass is 14.1. The molecule has 0 amide bonds. The molecule has 1 unspecified atom stereocenters. The highest BCUT2D eigenvalue weighted by molar-refractivity contribution is 4.61. The van der Waals surface area contributed by atoms with Crippen molar-refractivity contribution in [3.05, 3.63) is 0 Å². The summed E-state index contributed by atoms with van der Waals surface area (Å²) in [5.41, 5.74) is 0. The zero-order chi connectivity index (χ0) is 13.6. The molecule has 1 atom stereocenters. The van der Waals surface area contributed by atoms with E-state index in [1.807, 2.05) is 0 Å². The Balaban J connectivity index is 3.51. The van der Waals surface area contributed by atoms with Crippen molar-refractivity contribution in [2.45, 2.75) is 105 Å². The summed E-state index contributed by atoms with van der Waals surface area (Å²) in [6.07, 6.45) is 17.3. The lowest BCUT2D eigenvalue weighted by molar-refractivity contribution is 0.362. The molecule has 0 aromatic rings. The Hall–Kier alpha value is 0. The lowest BCUT2D eigenvalue weighted by atomic mass is 9.89. The molecular weight excluding hydrogens is 216 g/mol. The Kier molecular flexibility index (Phi) is 13.4. The smallest absolute Gasteiger partial charge is 0.0417 e. The summed E-state index contributed by atoms with van der Waals surface area (Å²) < 4.78 is 0. The van der Waals surface area contributed by atoms with Crippen LogP contribution in [0.1, 0.15) is 105 Å². The molecule has 0 rings (SSSR count). The highest BCUT2D eigenvalue weighted by Gasteiger charge is 2.08. The molecule has 0 heterocycles. The van der Waals surface area contributed by atoms with E-state index in [1.165, 1.54) is 77.0 Å². The molecule has 0 aromatic carbocycles. The van der Waals surface area contributed by atoms with Crippen LogP contribution in [0.15, 0.2) is 0 Å². The Morgan fingerprint density at radius 2 is 1.00 bits per heavy atom. The van der Waals surface area contributed by atoms with Gasteiger partial charge >= 0.3 is 0 Å². The van der Waals surface area contributed by atoms with Crippen LogP contribution in [0.25, 0.3) is 0 Å². The summed E-state index contributed by atoms with van der Waals surface area (Å²) in [7, 11) is 0. The van der Waals surface area contributed by atoms with Crippen molar-refractivity contribution >= 4 is 0 Å². The third kappa shape index (κ3) is 9.97. The summed E-state index contributed by atoms with van der Waals surface area (Å²) in [6, 6.07) is 0. The van der Waals surface area contributed by atoms with Gasteiger partial charge in [-0.3, -0.25) is 0 Å². The topological polar surface area (TPSA) is 0 Å². The third-order valence-electron chi connectivity index (χ3n) is 4.67. The molecule has 0 fully saturated rings. The second-order valence-corrected chi connectivity index (χ2v) is 6.09. The second-order valence-electron chi connectivity index (χ2n) is 6.09. The second kappa shape index (κ2) is 13.4. The van der Waals surface area contributed by atoms with Crippen molar-refractivity contribution in [1.82, 2.24) is 0 Å². The predicted octanol–water partition coefficient (Wildman–Crippen LogP) is 6.98. The lowest BCUT2D eigenvalue weighted by Gasteiger charge is -2.17. The van der Waals surface area contributed by atoms with Crippen LogP contribution in [0, 0.1) is 11.8 Å². The first-order chi connectivity index (χ1) is 8.78. The maximum atomic E-state index is 2.38. The van der Waals surface area contributed by atoms with Gasteiger partial charge in [0.15, 0.2) is 0 Å². The molecule has 0 saturated heterocycles. The number of rotatable bonds is 13. The summed E-state index contributed by atoms with van der Waals surface area (Å²) in [5, 5.41) is 0. The van der Waals surface area contributed by atoms with Gasteiger partial charge in [0.2, 0.25) is 0 Å². The van der Waals surface area contributed by atoms with Gasteiger partial charge in [0.25, 0.3) is 0 Å². The Morgan fingerprint density at radius 3 is 1.56 bits per heavy atom. The standard InChI is InChI=1S/C18H38/c1-5-9-10-11-12-14-18(8-4)16-13-15-17(6-2)7-3/h17-18H,5-16H2,1-4H3. The van der Waals surface area contributed by atoms with E-state index in [-0.39, 0.29) is 0 Å². The quantitative estimate of drug-likeness (QED) is 0.311. The van der Waals surface area contributed by atoms with Crippen molar-refractivity contribution in [1.29, 1.82) is 0 Å². The van der Waals surface area contributed by atoms with Crippen LogP contribution in [0.4, 0.5) is 0 Å². The zero-order valence-electron chi connectivity index (χ0n) is 13.6. The first-order valence-electron chi connectivity index (χ1n) is 8.78. The van der Waals surface area contributed by atoms with Crippen LogP contribution in [-0.2, 0) is 0 Å². The summed E-state index contributed by atoms with van der Waals surface area (Å²) >= 11 is 0. The SMILES string of the molecule is CCCCCCCC(CC)CCCC(CC)CC. The molecule has 0 spiro atoms. The average molecular weight is 255 g/mol. The Labute approximate surface area is 117 Å². The third-order valence-corrected chi connectivity index (χ3v) is 4.67. The van der Waals surface area contributed by atoms with E-state index in [0.717, 1.165) is 11.8 Å². The van der Waals surface area contributed by atoms with Crippen LogP contribution in [-0.4, -0.2) is 0 Å². The lowest BCUT2D eigenvalue weighted by Crippen LogP contribution is -2.02. The fourth-order valence-electron chi connectivity index (χ4n) is 2.98.